The second-order valence-electron chi connectivity index (χ2n) is 12.4. The van der Waals surface area contributed by atoms with Crippen molar-refractivity contribution in [3.05, 3.63) is 186 Å². The Hall–Kier alpha value is -6.16. The first kappa shape index (κ1) is 29.0. The average Bonchev–Trinajstić information content (AvgIpc) is 3.60. The lowest BCUT2D eigenvalue weighted by atomic mass is 9.89. The van der Waals surface area contributed by atoms with Gasteiger partial charge in [0, 0.05) is 10.3 Å². The van der Waals surface area contributed by atoms with Gasteiger partial charge < -0.3 is 0 Å². The number of allylic oxidation sites excluding steroid dienone is 1. The fraction of sp³-hybridized carbons (Fsp3) is 0. The van der Waals surface area contributed by atoms with Crippen LogP contribution in [-0.4, -0.2) is 11.5 Å². The van der Waals surface area contributed by atoms with Gasteiger partial charge in [0.25, 0.3) is 0 Å². The first-order valence-corrected chi connectivity index (χ1v) is 17.3. The minimum atomic E-state index is 0.248. The Bertz CT molecular complexity index is 2750. The van der Waals surface area contributed by atoms with E-state index in [-0.39, 0.29) is 5.84 Å². The van der Waals surface area contributed by atoms with Gasteiger partial charge in [-0.1, -0.05) is 140 Å². The van der Waals surface area contributed by atoms with Gasteiger partial charge in [0.2, 0.25) is 0 Å². The Morgan fingerprint density at radius 2 is 1.20 bits per heavy atom. The molecular weight excluding hydrogens is 613 g/mol. The smallest absolute Gasteiger partial charge is 0.152 e. The summed E-state index contributed by atoms with van der Waals surface area (Å²) in [6.45, 7) is 0. The molecule has 0 fully saturated rings. The van der Waals surface area contributed by atoms with Crippen molar-refractivity contribution in [2.75, 3.05) is 0 Å². The van der Waals surface area contributed by atoms with Gasteiger partial charge >= 0.3 is 0 Å². The number of hydrogen-bond donors (Lipinski definition) is 1. The Labute approximate surface area is 288 Å². The summed E-state index contributed by atoms with van der Waals surface area (Å²) in [4.78, 5) is 5.87. The second-order valence-corrected chi connectivity index (χ2v) is 13.5. The van der Waals surface area contributed by atoms with Crippen LogP contribution < -0.4 is 0 Å². The maximum absolute atomic E-state index is 8.75. The molecule has 0 radical (unpaired) electrons. The number of rotatable bonds is 5. The molecule has 0 spiro atoms. The fourth-order valence-corrected chi connectivity index (χ4v) is 7.93. The third-order valence-electron chi connectivity index (χ3n) is 9.31. The first-order chi connectivity index (χ1) is 24.2. The molecule has 1 N–H and O–H groups in total. The summed E-state index contributed by atoms with van der Waals surface area (Å²) in [5.74, 6) is 0.248. The van der Waals surface area contributed by atoms with E-state index in [1.807, 2.05) is 36.4 Å². The molecule has 0 saturated carbocycles. The first-order valence-electron chi connectivity index (χ1n) is 16.5. The van der Waals surface area contributed by atoms with Crippen LogP contribution in [0, 0.1) is 5.41 Å². The third-order valence-corrected chi connectivity index (χ3v) is 10.5. The number of hydrogen-bond acceptors (Lipinski definition) is 2. The van der Waals surface area contributed by atoms with Crippen LogP contribution in [0.3, 0.4) is 0 Å². The van der Waals surface area contributed by atoms with E-state index in [2.05, 4.69) is 140 Å². The average molecular weight is 643 g/mol. The number of thiophene rings is 1. The van der Waals surface area contributed by atoms with Crippen LogP contribution in [0.15, 0.2) is 175 Å². The summed E-state index contributed by atoms with van der Waals surface area (Å²) >= 11 is 1.70. The lowest BCUT2D eigenvalue weighted by Gasteiger charge is -2.15. The molecule has 0 amide bonds. The van der Waals surface area contributed by atoms with Crippen LogP contribution in [0.4, 0.5) is 0 Å². The van der Waals surface area contributed by atoms with Crippen LogP contribution in [0.5, 0.6) is 0 Å². The molecule has 230 valence electrons. The minimum Gasteiger partial charge on any atom is -0.282 e. The number of nitrogens with one attached hydrogen (secondary N) is 1. The highest BCUT2D eigenvalue weighted by molar-refractivity contribution is 7.21. The predicted molar refractivity (Wildman–Crippen MR) is 213 cm³/mol. The number of nitrogens with zero attached hydrogens (tertiary/aromatic N) is 1. The molecule has 8 aromatic carbocycles. The molecule has 0 unspecified atom stereocenters. The summed E-state index contributed by atoms with van der Waals surface area (Å²) in [7, 11) is 0. The largest absolute Gasteiger partial charge is 0.282 e. The maximum Gasteiger partial charge on any atom is 0.152 e. The fourth-order valence-electron chi connectivity index (χ4n) is 6.89. The molecule has 9 aromatic rings. The van der Waals surface area contributed by atoms with Crippen molar-refractivity contribution < 1.29 is 0 Å². The number of benzene rings is 8. The van der Waals surface area contributed by atoms with Crippen molar-refractivity contribution in [1.82, 2.24) is 0 Å². The lowest BCUT2D eigenvalue weighted by molar-refractivity contribution is 1.42. The van der Waals surface area contributed by atoms with Crippen molar-refractivity contribution >= 4 is 82.1 Å². The minimum absolute atomic E-state index is 0.248. The zero-order valence-electron chi connectivity index (χ0n) is 26.6. The highest BCUT2D eigenvalue weighted by Crippen LogP contribution is 2.40. The lowest BCUT2D eigenvalue weighted by Crippen LogP contribution is -2.02. The van der Waals surface area contributed by atoms with Gasteiger partial charge in [-0.2, -0.15) is 0 Å². The molecule has 0 aliphatic rings. The van der Waals surface area contributed by atoms with Crippen LogP contribution >= 0.6 is 11.3 Å². The van der Waals surface area contributed by atoms with Crippen LogP contribution in [0.1, 0.15) is 16.0 Å². The Morgan fingerprint density at radius 1 is 0.510 bits per heavy atom. The molecule has 3 heteroatoms. The molecule has 49 heavy (non-hydrogen) atoms. The second kappa shape index (κ2) is 12.1. The molecule has 9 rings (SSSR count). The van der Waals surface area contributed by atoms with E-state index in [1.165, 1.54) is 64.3 Å². The number of amidine groups is 1. The van der Waals surface area contributed by atoms with E-state index >= 15 is 0 Å². The predicted octanol–water partition coefficient (Wildman–Crippen LogP) is 12.7. The molecular formula is C46H30N2S. The maximum atomic E-state index is 8.75. The van der Waals surface area contributed by atoms with Crippen molar-refractivity contribution in [1.29, 1.82) is 5.41 Å². The molecule has 0 atom stereocenters. The van der Waals surface area contributed by atoms with Gasteiger partial charge in [0.15, 0.2) is 5.84 Å². The van der Waals surface area contributed by atoms with E-state index in [0.29, 0.717) is 0 Å². The van der Waals surface area contributed by atoms with Crippen molar-refractivity contribution in [2.24, 2.45) is 4.99 Å². The Balaban J connectivity index is 1.12. The SMILES string of the molecule is N=C(N=C(/C=C/c1ccc2cc(-c3c4ccccc4cc4c3ccc3ccccc34)ccc2c1)c1cc2ccccc2s1)c1ccccc1. The summed E-state index contributed by atoms with van der Waals surface area (Å²) in [5.41, 5.74) is 5.15. The highest BCUT2D eigenvalue weighted by Gasteiger charge is 2.13. The normalized spacial score (nSPS) is 12.2. The summed E-state index contributed by atoms with van der Waals surface area (Å²) < 4.78 is 1.21. The van der Waals surface area contributed by atoms with Gasteiger partial charge in [-0.05, 0) is 102 Å². The molecule has 1 heterocycles. The van der Waals surface area contributed by atoms with E-state index < -0.39 is 0 Å². The van der Waals surface area contributed by atoms with Gasteiger partial charge in [-0.15, -0.1) is 11.3 Å². The van der Waals surface area contributed by atoms with Gasteiger partial charge in [-0.3, -0.25) is 5.41 Å². The summed E-state index contributed by atoms with van der Waals surface area (Å²) in [6, 6.07) is 57.9. The summed E-state index contributed by atoms with van der Waals surface area (Å²) in [6.07, 6.45) is 4.16. The quantitative estimate of drug-likeness (QED) is 0.0839. The number of fused-ring (bicyclic) bond motifs is 6. The monoisotopic (exact) mass is 642 g/mol. The van der Waals surface area contributed by atoms with Crippen LogP contribution in [0.2, 0.25) is 0 Å². The van der Waals surface area contributed by atoms with Crippen LogP contribution in [-0.2, 0) is 0 Å². The zero-order valence-corrected chi connectivity index (χ0v) is 27.4. The topological polar surface area (TPSA) is 36.2 Å². The third kappa shape index (κ3) is 5.41. The Kier molecular flexibility index (Phi) is 7.18. The standard InChI is InChI=1S/C46H30N2S/c47-46(32-11-2-1-3-12-32)48-42(44-29-36-14-6-9-17-43(36)49-44)25-19-30-18-20-34-27-37(22-21-33(34)26-30)45-39-16-8-5-13-35(39)28-41-38-15-7-4-10-31(38)23-24-40(41)45/h1-29,47H/b25-19+,47-46?,48-42?. The van der Waals surface area contributed by atoms with Gasteiger partial charge in [0.1, 0.15) is 0 Å². The van der Waals surface area contributed by atoms with E-state index in [9.17, 15) is 0 Å². The van der Waals surface area contributed by atoms with Gasteiger partial charge in [0.05, 0.1) is 10.6 Å². The molecule has 0 saturated heterocycles. The number of aliphatic imine (C=N–C) groups is 1. The molecule has 1 aromatic heterocycles. The van der Waals surface area contributed by atoms with Gasteiger partial charge in [-0.25, -0.2) is 4.99 Å². The van der Waals surface area contributed by atoms with E-state index in [1.54, 1.807) is 11.3 Å². The van der Waals surface area contributed by atoms with Crippen molar-refractivity contribution in [3.8, 4) is 11.1 Å². The molecule has 2 nitrogen and oxygen atoms in total. The molecule has 0 aliphatic carbocycles. The van der Waals surface area contributed by atoms with Crippen molar-refractivity contribution in [2.45, 2.75) is 0 Å². The highest BCUT2D eigenvalue weighted by atomic mass is 32.1. The van der Waals surface area contributed by atoms with E-state index in [0.717, 1.165) is 21.7 Å². The Morgan fingerprint density at radius 3 is 2.06 bits per heavy atom. The zero-order chi connectivity index (χ0) is 32.7. The molecule has 0 bridgehead atoms. The molecule has 0 aliphatic heterocycles. The van der Waals surface area contributed by atoms with Crippen molar-refractivity contribution in [3.63, 3.8) is 0 Å². The van der Waals surface area contributed by atoms with E-state index in [4.69, 9.17) is 10.4 Å². The van der Waals surface area contributed by atoms with Crippen LogP contribution in [0.25, 0.3) is 70.4 Å². The summed E-state index contributed by atoms with van der Waals surface area (Å²) in [5, 5.41) is 19.9.